The van der Waals surface area contributed by atoms with Crippen molar-refractivity contribution in [3.8, 4) is 0 Å². The van der Waals surface area contributed by atoms with Crippen LogP contribution >= 0.6 is 0 Å². The molecule has 1 N–H and O–H groups in total. The van der Waals surface area contributed by atoms with Crippen molar-refractivity contribution in [2.45, 2.75) is 84.5 Å². The molecule has 0 amide bonds. The van der Waals surface area contributed by atoms with Crippen molar-refractivity contribution < 1.29 is 29.6 Å². The van der Waals surface area contributed by atoms with Crippen molar-refractivity contribution in [2.75, 3.05) is 13.1 Å². The standard InChI is InChI=1S/C15H33N.Na/c1-3-5-6-7-8-9-10-11-12-13-15-16-14-4-2;/h16H,3-15H2,1-2H3;/q;+1. The quantitative estimate of drug-likeness (QED) is 0.389. The fourth-order valence-corrected chi connectivity index (χ4v) is 2.04. The Morgan fingerprint density at radius 3 is 1.47 bits per heavy atom. The number of rotatable bonds is 13. The molecule has 0 bridgehead atoms. The fraction of sp³-hybridized carbons (Fsp3) is 1.00. The predicted octanol–water partition coefficient (Wildman–Crippen LogP) is 1.91. The van der Waals surface area contributed by atoms with E-state index in [0.717, 1.165) is 0 Å². The molecule has 0 fully saturated rings. The Labute approximate surface area is 132 Å². The van der Waals surface area contributed by atoms with Gasteiger partial charge in [-0.25, -0.2) is 0 Å². The molecule has 2 heteroatoms. The molecule has 0 saturated carbocycles. The number of nitrogens with one attached hydrogen (secondary N) is 1. The van der Waals surface area contributed by atoms with Gasteiger partial charge in [0, 0.05) is 0 Å². The molecule has 0 saturated heterocycles. The van der Waals surface area contributed by atoms with Crippen LogP contribution in [0.25, 0.3) is 0 Å². The average Bonchev–Trinajstić information content (AvgIpc) is 2.31. The third kappa shape index (κ3) is 19.5. The summed E-state index contributed by atoms with van der Waals surface area (Å²) in [5.41, 5.74) is 0. The molecule has 0 radical (unpaired) electrons. The van der Waals surface area contributed by atoms with Crippen LogP contribution in [0, 0.1) is 0 Å². The topological polar surface area (TPSA) is 12.0 Å². The maximum Gasteiger partial charge on any atom is 1.00 e. The van der Waals surface area contributed by atoms with E-state index in [0.29, 0.717) is 0 Å². The number of unbranched alkanes of at least 4 members (excludes halogenated alkanes) is 9. The summed E-state index contributed by atoms with van der Waals surface area (Å²) in [5.74, 6) is 0. The number of hydrogen-bond acceptors (Lipinski definition) is 1. The number of hydrogen-bond donors (Lipinski definition) is 1. The van der Waals surface area contributed by atoms with E-state index in [4.69, 9.17) is 0 Å². The third-order valence-electron chi connectivity index (χ3n) is 3.13. The SMILES string of the molecule is CCCCCCCCCCCCNCCC.[Na+]. The molecule has 0 aromatic heterocycles. The van der Waals surface area contributed by atoms with Crippen molar-refractivity contribution in [3.05, 3.63) is 0 Å². The minimum Gasteiger partial charge on any atom is -0.317 e. The van der Waals surface area contributed by atoms with Gasteiger partial charge in [0.25, 0.3) is 0 Å². The summed E-state index contributed by atoms with van der Waals surface area (Å²) in [6.07, 6.45) is 15.6. The maximum absolute atomic E-state index is 3.46. The monoisotopic (exact) mass is 250 g/mol. The van der Waals surface area contributed by atoms with Gasteiger partial charge in [-0.15, -0.1) is 0 Å². The normalized spacial score (nSPS) is 10.2. The molecule has 0 aromatic carbocycles. The first-order valence-electron chi connectivity index (χ1n) is 7.62. The summed E-state index contributed by atoms with van der Waals surface area (Å²) >= 11 is 0. The molecule has 0 spiro atoms. The van der Waals surface area contributed by atoms with Crippen LogP contribution in [0.3, 0.4) is 0 Å². The summed E-state index contributed by atoms with van der Waals surface area (Å²) in [4.78, 5) is 0. The van der Waals surface area contributed by atoms with Crippen LogP contribution in [0.1, 0.15) is 84.5 Å². The van der Waals surface area contributed by atoms with Crippen LogP contribution in [-0.2, 0) is 0 Å². The van der Waals surface area contributed by atoms with E-state index >= 15 is 0 Å². The molecule has 0 aliphatic heterocycles. The molecule has 0 aliphatic rings. The zero-order chi connectivity index (χ0) is 11.9. The Morgan fingerprint density at radius 1 is 0.529 bits per heavy atom. The van der Waals surface area contributed by atoms with E-state index in [-0.39, 0.29) is 29.6 Å². The van der Waals surface area contributed by atoms with E-state index in [9.17, 15) is 0 Å². The largest absolute Gasteiger partial charge is 1.00 e. The van der Waals surface area contributed by atoms with E-state index in [1.807, 2.05) is 0 Å². The van der Waals surface area contributed by atoms with Crippen LogP contribution < -0.4 is 34.9 Å². The minimum atomic E-state index is 0. The molecule has 0 aliphatic carbocycles. The van der Waals surface area contributed by atoms with E-state index in [1.54, 1.807) is 0 Å². The molecule has 0 aromatic rings. The zero-order valence-corrected chi connectivity index (χ0v) is 14.7. The van der Waals surface area contributed by atoms with Crippen LogP contribution in [-0.4, -0.2) is 13.1 Å². The Morgan fingerprint density at radius 2 is 1.00 bits per heavy atom. The first kappa shape index (κ1) is 20.3. The second-order valence-electron chi connectivity index (χ2n) is 4.93. The van der Waals surface area contributed by atoms with Crippen molar-refractivity contribution in [3.63, 3.8) is 0 Å². The van der Waals surface area contributed by atoms with Gasteiger partial charge in [-0.2, -0.15) is 0 Å². The van der Waals surface area contributed by atoms with Gasteiger partial charge in [0.1, 0.15) is 0 Å². The summed E-state index contributed by atoms with van der Waals surface area (Å²) in [6, 6.07) is 0. The third-order valence-corrected chi connectivity index (χ3v) is 3.13. The van der Waals surface area contributed by atoms with Crippen LogP contribution in [0.5, 0.6) is 0 Å². The van der Waals surface area contributed by atoms with Crippen molar-refractivity contribution >= 4 is 0 Å². The maximum atomic E-state index is 3.46. The zero-order valence-electron chi connectivity index (χ0n) is 12.7. The predicted molar refractivity (Wildman–Crippen MR) is 75.0 cm³/mol. The van der Waals surface area contributed by atoms with Crippen molar-refractivity contribution in [1.29, 1.82) is 0 Å². The average molecular weight is 250 g/mol. The van der Waals surface area contributed by atoms with Gasteiger partial charge in [0.15, 0.2) is 0 Å². The Hall–Kier alpha value is 0.960. The van der Waals surface area contributed by atoms with Crippen molar-refractivity contribution in [2.24, 2.45) is 0 Å². The fourth-order valence-electron chi connectivity index (χ4n) is 2.04. The first-order valence-corrected chi connectivity index (χ1v) is 7.62. The Bertz CT molecular complexity index is 103. The van der Waals surface area contributed by atoms with Gasteiger partial charge >= 0.3 is 29.6 Å². The molecule has 0 rings (SSSR count). The van der Waals surface area contributed by atoms with Gasteiger partial charge in [0.2, 0.25) is 0 Å². The summed E-state index contributed by atoms with van der Waals surface area (Å²) in [6.45, 7) is 6.93. The summed E-state index contributed by atoms with van der Waals surface area (Å²) in [5, 5.41) is 3.46. The smallest absolute Gasteiger partial charge is 0.317 e. The molecule has 1 nitrogen and oxygen atoms in total. The molecule has 0 atom stereocenters. The van der Waals surface area contributed by atoms with E-state index < -0.39 is 0 Å². The van der Waals surface area contributed by atoms with Gasteiger partial charge in [-0.1, -0.05) is 71.6 Å². The van der Waals surface area contributed by atoms with Gasteiger partial charge in [-0.3, -0.25) is 0 Å². The Kier molecular flexibility index (Phi) is 23.0. The van der Waals surface area contributed by atoms with E-state index in [1.165, 1.54) is 83.7 Å². The van der Waals surface area contributed by atoms with Gasteiger partial charge in [-0.05, 0) is 25.9 Å². The van der Waals surface area contributed by atoms with E-state index in [2.05, 4.69) is 19.2 Å². The molecule has 0 unspecified atom stereocenters. The van der Waals surface area contributed by atoms with Crippen molar-refractivity contribution in [1.82, 2.24) is 5.32 Å². The second-order valence-corrected chi connectivity index (χ2v) is 4.93. The molecular formula is C15H33NNa+. The van der Waals surface area contributed by atoms with Crippen LogP contribution in [0.4, 0.5) is 0 Å². The molecule has 17 heavy (non-hydrogen) atoms. The van der Waals surface area contributed by atoms with Crippen LogP contribution in [0.15, 0.2) is 0 Å². The van der Waals surface area contributed by atoms with Gasteiger partial charge in [0.05, 0.1) is 0 Å². The molecular weight excluding hydrogens is 217 g/mol. The minimum absolute atomic E-state index is 0. The Balaban J connectivity index is 0. The second kappa shape index (κ2) is 19.3. The van der Waals surface area contributed by atoms with Gasteiger partial charge < -0.3 is 5.32 Å². The summed E-state index contributed by atoms with van der Waals surface area (Å²) < 4.78 is 0. The summed E-state index contributed by atoms with van der Waals surface area (Å²) in [7, 11) is 0. The molecule has 0 heterocycles. The first-order chi connectivity index (χ1) is 7.91. The molecule has 98 valence electrons. The van der Waals surface area contributed by atoms with Crippen LogP contribution in [0.2, 0.25) is 0 Å².